The Hall–Kier alpha value is -5.19. The Morgan fingerprint density at radius 2 is 1.38 bits per heavy atom. The molecule has 0 aliphatic rings. The van der Waals surface area contributed by atoms with Gasteiger partial charge in [-0.05, 0) is 22.8 Å². The zero-order valence-electron chi connectivity index (χ0n) is 22.1. The number of carbonyl (C=O) groups is 3. The lowest BCUT2D eigenvalue weighted by Gasteiger charge is -2.20. The van der Waals surface area contributed by atoms with Crippen molar-refractivity contribution in [2.45, 2.75) is 31.8 Å². The van der Waals surface area contributed by atoms with Gasteiger partial charge in [0, 0.05) is 18.2 Å². The van der Waals surface area contributed by atoms with Gasteiger partial charge in [0.25, 0.3) is 11.3 Å². The van der Waals surface area contributed by atoms with Crippen LogP contribution in [-0.2, 0) is 33.9 Å². The number of alkyl halides is 3. The summed E-state index contributed by atoms with van der Waals surface area (Å²) in [5, 5.41) is 4.51. The van der Waals surface area contributed by atoms with Crippen LogP contribution in [0.5, 0.6) is 0 Å². The molecule has 11 heteroatoms. The number of nitrogens with one attached hydrogen (secondary N) is 2. The van der Waals surface area contributed by atoms with Gasteiger partial charge in [0.2, 0.25) is 5.91 Å². The monoisotopic (exact) mass is 577 g/mol. The Labute approximate surface area is 238 Å². The van der Waals surface area contributed by atoms with Crippen LogP contribution < -0.4 is 16.2 Å². The third-order valence-electron chi connectivity index (χ3n) is 6.17. The summed E-state index contributed by atoms with van der Waals surface area (Å²) in [6.45, 7) is -0.776. The standard InChI is InChI=1S/C31H26F3N3O5/c32-31(33,34)28(39)25(16-21-10-4-1-5-11-21)35-27(38)19-37-18-24(23-14-8-3-9-15-23)17-26(29(37)40)36-30(41)42-20-22-12-6-2-7-13-22/h1-15,17-18,25H,16,19-20H2,(H,35,38)(H,36,41). The van der Waals surface area contributed by atoms with E-state index in [1.54, 1.807) is 78.9 Å². The second-order valence-electron chi connectivity index (χ2n) is 9.30. The molecule has 1 aromatic heterocycles. The summed E-state index contributed by atoms with van der Waals surface area (Å²) in [6, 6.07) is 25.0. The molecule has 1 heterocycles. The van der Waals surface area contributed by atoms with Gasteiger partial charge in [0.1, 0.15) is 24.9 Å². The predicted octanol–water partition coefficient (Wildman–Crippen LogP) is 5.12. The van der Waals surface area contributed by atoms with Crippen molar-refractivity contribution in [2.24, 2.45) is 0 Å². The molecule has 8 nitrogen and oxygen atoms in total. The zero-order chi connectivity index (χ0) is 30.1. The van der Waals surface area contributed by atoms with Gasteiger partial charge < -0.3 is 14.6 Å². The number of halogens is 3. The van der Waals surface area contributed by atoms with E-state index in [-0.39, 0.29) is 12.3 Å². The summed E-state index contributed by atoms with van der Waals surface area (Å²) in [4.78, 5) is 50.8. The quantitative estimate of drug-likeness (QED) is 0.272. The molecule has 0 fully saturated rings. The van der Waals surface area contributed by atoms with Crippen molar-refractivity contribution in [1.82, 2.24) is 9.88 Å². The number of amides is 2. The van der Waals surface area contributed by atoms with E-state index in [4.69, 9.17) is 4.74 Å². The van der Waals surface area contributed by atoms with Gasteiger partial charge in [-0.1, -0.05) is 91.0 Å². The van der Waals surface area contributed by atoms with E-state index in [0.29, 0.717) is 16.7 Å². The van der Waals surface area contributed by atoms with Crippen molar-refractivity contribution in [2.75, 3.05) is 5.32 Å². The highest BCUT2D eigenvalue weighted by molar-refractivity contribution is 5.93. The number of Topliss-reactive ketones (excluding diaryl/α,β-unsaturated/α-hetero) is 1. The highest BCUT2D eigenvalue weighted by atomic mass is 19.4. The van der Waals surface area contributed by atoms with Crippen molar-refractivity contribution in [3.63, 3.8) is 0 Å². The van der Waals surface area contributed by atoms with Crippen LogP contribution in [0.25, 0.3) is 11.1 Å². The van der Waals surface area contributed by atoms with Crippen LogP contribution in [0, 0.1) is 0 Å². The summed E-state index contributed by atoms with van der Waals surface area (Å²) in [5.74, 6) is -3.12. The van der Waals surface area contributed by atoms with Crippen molar-refractivity contribution in [3.8, 4) is 11.1 Å². The van der Waals surface area contributed by atoms with Crippen molar-refractivity contribution < 1.29 is 32.3 Å². The number of ether oxygens (including phenoxy) is 1. The summed E-state index contributed by atoms with van der Waals surface area (Å²) in [5.41, 5.74) is 1.19. The van der Waals surface area contributed by atoms with Gasteiger partial charge >= 0.3 is 12.3 Å². The maximum atomic E-state index is 13.3. The molecule has 2 amide bonds. The first-order chi connectivity index (χ1) is 20.1. The number of rotatable bonds is 10. The molecule has 0 spiro atoms. The van der Waals surface area contributed by atoms with Gasteiger partial charge in [-0.15, -0.1) is 0 Å². The van der Waals surface area contributed by atoms with Crippen LogP contribution in [0.15, 0.2) is 108 Å². The molecule has 0 saturated heterocycles. The maximum absolute atomic E-state index is 13.3. The van der Waals surface area contributed by atoms with Gasteiger partial charge in [0.15, 0.2) is 0 Å². The normalized spacial score (nSPS) is 11.8. The fourth-order valence-electron chi connectivity index (χ4n) is 4.15. The lowest BCUT2D eigenvalue weighted by molar-refractivity contribution is -0.173. The minimum Gasteiger partial charge on any atom is -0.444 e. The third-order valence-corrected chi connectivity index (χ3v) is 6.17. The SMILES string of the molecule is O=C(Cn1cc(-c2ccccc2)cc(NC(=O)OCc2ccccc2)c1=O)NC(Cc1ccccc1)C(=O)C(F)(F)F. The number of carbonyl (C=O) groups excluding carboxylic acids is 3. The molecule has 216 valence electrons. The summed E-state index contributed by atoms with van der Waals surface area (Å²) < 4.78 is 46.1. The van der Waals surface area contributed by atoms with E-state index < -0.39 is 48.5 Å². The first-order valence-corrected chi connectivity index (χ1v) is 12.8. The van der Waals surface area contributed by atoms with Gasteiger partial charge in [0.05, 0.1) is 0 Å². The molecule has 0 saturated carbocycles. The first kappa shape index (κ1) is 29.8. The molecule has 1 atom stereocenters. The van der Waals surface area contributed by atoms with Crippen LogP contribution in [0.1, 0.15) is 11.1 Å². The second kappa shape index (κ2) is 13.4. The lowest BCUT2D eigenvalue weighted by atomic mass is 10.0. The molecule has 4 aromatic rings. The number of pyridine rings is 1. The smallest absolute Gasteiger partial charge is 0.444 e. The number of ketones is 1. The molecule has 0 radical (unpaired) electrons. The van der Waals surface area contributed by atoms with Crippen LogP contribution in [0.3, 0.4) is 0 Å². The lowest BCUT2D eigenvalue weighted by Crippen LogP contribution is -2.49. The number of anilines is 1. The van der Waals surface area contributed by atoms with Crippen LogP contribution in [0.2, 0.25) is 0 Å². The van der Waals surface area contributed by atoms with E-state index >= 15 is 0 Å². The molecule has 0 aliphatic carbocycles. The minimum atomic E-state index is -5.19. The largest absolute Gasteiger partial charge is 0.452 e. The first-order valence-electron chi connectivity index (χ1n) is 12.8. The van der Waals surface area contributed by atoms with Crippen molar-refractivity contribution >= 4 is 23.5 Å². The Morgan fingerprint density at radius 1 is 0.810 bits per heavy atom. The number of hydrogen-bond acceptors (Lipinski definition) is 5. The maximum Gasteiger partial charge on any atom is 0.452 e. The van der Waals surface area contributed by atoms with E-state index in [2.05, 4.69) is 10.6 Å². The van der Waals surface area contributed by atoms with Crippen molar-refractivity contribution in [1.29, 1.82) is 0 Å². The van der Waals surface area contributed by atoms with E-state index in [9.17, 15) is 32.3 Å². The van der Waals surface area contributed by atoms with Crippen LogP contribution in [0.4, 0.5) is 23.7 Å². The molecule has 4 rings (SSSR count). The molecule has 0 aliphatic heterocycles. The second-order valence-corrected chi connectivity index (χ2v) is 9.30. The zero-order valence-corrected chi connectivity index (χ0v) is 22.1. The van der Waals surface area contributed by atoms with E-state index in [0.717, 1.165) is 10.1 Å². The van der Waals surface area contributed by atoms with Crippen LogP contribution >= 0.6 is 0 Å². The van der Waals surface area contributed by atoms with Crippen LogP contribution in [-0.4, -0.2) is 34.6 Å². The highest BCUT2D eigenvalue weighted by Gasteiger charge is 2.43. The molecular formula is C31H26F3N3O5. The highest BCUT2D eigenvalue weighted by Crippen LogP contribution is 2.22. The number of nitrogens with zero attached hydrogens (tertiary/aromatic N) is 1. The Bertz CT molecular complexity index is 1590. The van der Waals surface area contributed by atoms with E-state index in [1.165, 1.54) is 24.4 Å². The van der Waals surface area contributed by atoms with Gasteiger partial charge in [-0.2, -0.15) is 13.2 Å². The minimum absolute atomic E-state index is 0.0579. The number of aromatic nitrogens is 1. The number of benzene rings is 3. The molecular weight excluding hydrogens is 551 g/mol. The third kappa shape index (κ3) is 8.17. The topological polar surface area (TPSA) is 106 Å². The summed E-state index contributed by atoms with van der Waals surface area (Å²) in [7, 11) is 0. The van der Waals surface area contributed by atoms with Gasteiger partial charge in [-0.3, -0.25) is 19.7 Å². The molecule has 3 aromatic carbocycles. The summed E-state index contributed by atoms with van der Waals surface area (Å²) >= 11 is 0. The molecule has 42 heavy (non-hydrogen) atoms. The average molecular weight is 578 g/mol. The Kier molecular flexibility index (Phi) is 9.53. The Morgan fingerprint density at radius 3 is 1.98 bits per heavy atom. The molecule has 1 unspecified atom stereocenters. The Balaban J connectivity index is 1.57. The molecule has 2 N–H and O–H groups in total. The molecule has 0 bridgehead atoms. The average Bonchev–Trinajstić information content (AvgIpc) is 2.98. The fraction of sp³-hybridized carbons (Fsp3) is 0.161. The van der Waals surface area contributed by atoms with Crippen molar-refractivity contribution in [3.05, 3.63) is 125 Å². The predicted molar refractivity (Wildman–Crippen MR) is 150 cm³/mol. The number of hydrogen-bond donors (Lipinski definition) is 2. The van der Waals surface area contributed by atoms with Gasteiger partial charge in [-0.25, -0.2) is 4.79 Å². The summed E-state index contributed by atoms with van der Waals surface area (Å²) in [6.07, 6.45) is -5.16. The van der Waals surface area contributed by atoms with E-state index in [1.807, 2.05) is 0 Å². The fourth-order valence-corrected chi connectivity index (χ4v) is 4.15.